The number of nitrogens with one attached hydrogen (secondary N) is 1. The summed E-state index contributed by atoms with van der Waals surface area (Å²) in [6.45, 7) is 2.85. The highest BCUT2D eigenvalue weighted by Crippen LogP contribution is 2.18. The van der Waals surface area contributed by atoms with Gasteiger partial charge in [-0.05, 0) is 37.3 Å². The van der Waals surface area contributed by atoms with Crippen LogP contribution >= 0.6 is 0 Å². The molecule has 0 atom stereocenters. The van der Waals surface area contributed by atoms with Crippen LogP contribution in [0.3, 0.4) is 0 Å². The van der Waals surface area contributed by atoms with Crippen molar-refractivity contribution < 1.29 is 13.2 Å². The van der Waals surface area contributed by atoms with Crippen LogP contribution in [0, 0.1) is 0 Å². The van der Waals surface area contributed by atoms with E-state index in [1.165, 1.54) is 26.2 Å². The summed E-state index contributed by atoms with van der Waals surface area (Å²) in [6.07, 6.45) is 0. The lowest BCUT2D eigenvalue weighted by molar-refractivity contribution is -0.115. The number of benzene rings is 2. The highest BCUT2D eigenvalue weighted by molar-refractivity contribution is 7.89. The minimum absolute atomic E-state index is 0.144. The van der Waals surface area contributed by atoms with E-state index in [2.05, 4.69) is 5.32 Å². The van der Waals surface area contributed by atoms with Crippen LogP contribution in [0.4, 0.5) is 11.4 Å². The van der Waals surface area contributed by atoms with E-state index in [1.807, 2.05) is 42.2 Å². The van der Waals surface area contributed by atoms with Crippen molar-refractivity contribution in [1.82, 2.24) is 4.31 Å². The zero-order valence-electron chi connectivity index (χ0n) is 14.6. The Balaban J connectivity index is 2.11. The number of sulfonamides is 1. The Labute approximate surface area is 149 Å². The molecular weight excluding hydrogens is 338 g/mol. The molecule has 0 aliphatic heterocycles. The van der Waals surface area contributed by atoms with E-state index in [4.69, 9.17) is 0 Å². The van der Waals surface area contributed by atoms with Gasteiger partial charge in [-0.15, -0.1) is 0 Å². The fraction of sp³-hybridized carbons (Fsp3) is 0.278. The van der Waals surface area contributed by atoms with E-state index in [1.54, 1.807) is 12.1 Å². The van der Waals surface area contributed by atoms with E-state index in [0.717, 1.165) is 9.99 Å². The molecule has 7 heteroatoms. The van der Waals surface area contributed by atoms with Gasteiger partial charge in [0.25, 0.3) is 0 Å². The largest absolute Gasteiger partial charge is 0.362 e. The minimum Gasteiger partial charge on any atom is -0.362 e. The molecule has 2 aromatic carbocycles. The van der Waals surface area contributed by atoms with Crippen LogP contribution < -0.4 is 10.2 Å². The summed E-state index contributed by atoms with van der Waals surface area (Å²) in [5, 5.41) is 2.76. The van der Waals surface area contributed by atoms with Crippen LogP contribution in [-0.4, -0.2) is 45.8 Å². The van der Waals surface area contributed by atoms with Gasteiger partial charge in [-0.2, -0.15) is 0 Å². The summed E-state index contributed by atoms with van der Waals surface area (Å²) in [5.74, 6) is -0.204. The average molecular weight is 361 g/mol. The molecule has 0 saturated heterocycles. The van der Waals surface area contributed by atoms with Gasteiger partial charge in [0.2, 0.25) is 15.9 Å². The second-order valence-corrected chi connectivity index (χ2v) is 7.86. The van der Waals surface area contributed by atoms with Gasteiger partial charge < -0.3 is 10.2 Å². The quantitative estimate of drug-likeness (QED) is 0.822. The average Bonchev–Trinajstić information content (AvgIpc) is 2.60. The molecule has 0 aromatic heterocycles. The first-order valence-electron chi connectivity index (χ1n) is 7.97. The lowest BCUT2D eigenvalue weighted by Gasteiger charge is -2.22. The molecule has 0 unspecified atom stereocenters. The summed E-state index contributed by atoms with van der Waals surface area (Å²) < 4.78 is 25.5. The Hall–Kier alpha value is -2.38. The van der Waals surface area contributed by atoms with Crippen molar-refractivity contribution in [3.05, 3.63) is 54.6 Å². The molecule has 0 spiro atoms. The van der Waals surface area contributed by atoms with Crippen molar-refractivity contribution in [2.45, 2.75) is 11.8 Å². The SMILES string of the molecule is CCN(CC(=O)Nc1cccc(S(=O)(=O)N(C)C)c1)c1ccccc1. The van der Waals surface area contributed by atoms with Gasteiger partial charge in [0, 0.05) is 32.0 Å². The third kappa shape index (κ3) is 4.80. The molecule has 0 aliphatic rings. The number of carbonyl (C=O) groups excluding carboxylic acids is 1. The topological polar surface area (TPSA) is 69.7 Å². The number of amides is 1. The maximum atomic E-state index is 12.3. The van der Waals surface area contributed by atoms with Crippen molar-refractivity contribution in [2.24, 2.45) is 0 Å². The van der Waals surface area contributed by atoms with Gasteiger partial charge in [-0.3, -0.25) is 4.79 Å². The summed E-state index contributed by atoms with van der Waals surface area (Å²) in [7, 11) is -0.591. The summed E-state index contributed by atoms with van der Waals surface area (Å²) >= 11 is 0. The van der Waals surface area contributed by atoms with Gasteiger partial charge in [-0.25, -0.2) is 12.7 Å². The molecule has 0 fully saturated rings. The van der Waals surface area contributed by atoms with E-state index in [-0.39, 0.29) is 17.3 Å². The molecule has 25 heavy (non-hydrogen) atoms. The Morgan fingerprint density at radius 3 is 2.32 bits per heavy atom. The summed E-state index contributed by atoms with van der Waals surface area (Å²) in [5.41, 5.74) is 1.42. The van der Waals surface area contributed by atoms with Gasteiger partial charge in [0.1, 0.15) is 0 Å². The molecule has 2 aromatic rings. The number of hydrogen-bond acceptors (Lipinski definition) is 4. The van der Waals surface area contributed by atoms with Gasteiger partial charge in [-0.1, -0.05) is 24.3 Å². The number of rotatable bonds is 7. The van der Waals surface area contributed by atoms with Crippen LogP contribution in [0.5, 0.6) is 0 Å². The number of anilines is 2. The van der Waals surface area contributed by atoms with Gasteiger partial charge >= 0.3 is 0 Å². The number of hydrogen-bond donors (Lipinski definition) is 1. The number of nitrogens with zero attached hydrogens (tertiary/aromatic N) is 2. The molecule has 0 aliphatic carbocycles. The first kappa shape index (κ1) is 19.0. The molecule has 6 nitrogen and oxygen atoms in total. The van der Waals surface area contributed by atoms with Crippen molar-refractivity contribution in [1.29, 1.82) is 0 Å². The smallest absolute Gasteiger partial charge is 0.243 e. The van der Waals surface area contributed by atoms with E-state index in [9.17, 15) is 13.2 Å². The first-order valence-corrected chi connectivity index (χ1v) is 9.41. The van der Waals surface area contributed by atoms with Gasteiger partial charge in [0.15, 0.2) is 0 Å². The molecule has 0 saturated carbocycles. The molecule has 0 heterocycles. The molecule has 0 radical (unpaired) electrons. The summed E-state index contributed by atoms with van der Waals surface area (Å²) in [6, 6.07) is 15.9. The highest BCUT2D eigenvalue weighted by Gasteiger charge is 2.18. The molecule has 134 valence electrons. The van der Waals surface area contributed by atoms with Crippen LogP contribution in [0.1, 0.15) is 6.92 Å². The minimum atomic E-state index is -3.53. The Kier molecular flexibility index (Phi) is 6.17. The van der Waals surface area contributed by atoms with Crippen LogP contribution in [0.2, 0.25) is 0 Å². The second kappa shape index (κ2) is 8.13. The summed E-state index contributed by atoms with van der Waals surface area (Å²) in [4.78, 5) is 14.4. The van der Waals surface area contributed by atoms with Crippen LogP contribution in [0.25, 0.3) is 0 Å². The third-order valence-electron chi connectivity index (χ3n) is 3.73. The van der Waals surface area contributed by atoms with Crippen molar-refractivity contribution in [2.75, 3.05) is 37.4 Å². The lowest BCUT2D eigenvalue weighted by atomic mass is 10.2. The number of likely N-dealkylation sites (N-methyl/N-ethyl adjacent to an activating group) is 1. The first-order chi connectivity index (χ1) is 11.8. The predicted octanol–water partition coefficient (Wildman–Crippen LogP) is 2.40. The molecular formula is C18H23N3O3S. The van der Waals surface area contributed by atoms with E-state index < -0.39 is 10.0 Å². The Morgan fingerprint density at radius 2 is 1.72 bits per heavy atom. The molecule has 2 rings (SSSR count). The van der Waals surface area contributed by atoms with Crippen molar-refractivity contribution in [3.63, 3.8) is 0 Å². The van der Waals surface area contributed by atoms with E-state index in [0.29, 0.717) is 12.2 Å². The maximum absolute atomic E-state index is 12.3. The predicted molar refractivity (Wildman–Crippen MR) is 100 cm³/mol. The normalized spacial score (nSPS) is 11.4. The zero-order valence-corrected chi connectivity index (χ0v) is 15.5. The second-order valence-electron chi connectivity index (χ2n) is 5.71. The maximum Gasteiger partial charge on any atom is 0.243 e. The Morgan fingerprint density at radius 1 is 1.04 bits per heavy atom. The third-order valence-corrected chi connectivity index (χ3v) is 5.54. The molecule has 0 bridgehead atoms. The fourth-order valence-electron chi connectivity index (χ4n) is 2.34. The fourth-order valence-corrected chi connectivity index (χ4v) is 3.29. The van der Waals surface area contributed by atoms with Crippen LogP contribution in [0.15, 0.2) is 59.5 Å². The van der Waals surface area contributed by atoms with Crippen molar-refractivity contribution >= 4 is 27.3 Å². The molecule has 1 amide bonds. The van der Waals surface area contributed by atoms with Gasteiger partial charge in [0.05, 0.1) is 11.4 Å². The van der Waals surface area contributed by atoms with Crippen LogP contribution in [-0.2, 0) is 14.8 Å². The van der Waals surface area contributed by atoms with E-state index >= 15 is 0 Å². The zero-order chi connectivity index (χ0) is 18.4. The van der Waals surface area contributed by atoms with Crippen molar-refractivity contribution in [3.8, 4) is 0 Å². The standard InChI is InChI=1S/C18H23N3O3S/c1-4-21(16-10-6-5-7-11-16)14-18(22)19-15-9-8-12-17(13-15)25(23,24)20(2)3/h5-13H,4,14H2,1-3H3,(H,19,22). The highest BCUT2D eigenvalue weighted by atomic mass is 32.2. The lowest BCUT2D eigenvalue weighted by Crippen LogP contribution is -2.33. The monoisotopic (exact) mass is 361 g/mol. The number of carbonyl (C=O) groups is 1. The Bertz CT molecular complexity index is 820. The molecule has 1 N–H and O–H groups in total. The number of para-hydroxylation sites is 1.